The van der Waals surface area contributed by atoms with E-state index >= 15 is 0 Å². The monoisotopic (exact) mass is 362 g/mol. The van der Waals surface area contributed by atoms with E-state index in [1.54, 1.807) is 0 Å². The number of ether oxygens (including phenoxy) is 2. The highest BCUT2D eigenvalue weighted by Gasteiger charge is 2.20. The van der Waals surface area contributed by atoms with E-state index in [-0.39, 0.29) is 43.8 Å². The van der Waals surface area contributed by atoms with Crippen LogP contribution in [0.2, 0.25) is 0 Å². The highest BCUT2D eigenvalue weighted by Crippen LogP contribution is 2.16. The van der Waals surface area contributed by atoms with Gasteiger partial charge in [0.05, 0.1) is 25.0 Å². The van der Waals surface area contributed by atoms with Crippen molar-refractivity contribution in [2.24, 2.45) is 11.8 Å². The Bertz CT molecular complexity index is 289. The van der Waals surface area contributed by atoms with Gasteiger partial charge in [0.25, 0.3) is 0 Å². The molecule has 0 aliphatic carbocycles. The third-order valence-corrected chi connectivity index (χ3v) is 3.97. The van der Waals surface area contributed by atoms with Gasteiger partial charge in [-0.15, -0.1) is 0 Å². The molecule has 150 valence electrons. The molecule has 0 rings (SSSR count). The van der Waals surface area contributed by atoms with E-state index in [4.69, 9.17) is 19.7 Å². The molecule has 0 aromatic carbocycles. The number of rotatable bonds is 13. The van der Waals surface area contributed by atoms with Crippen molar-refractivity contribution in [2.75, 3.05) is 20.0 Å². The van der Waals surface area contributed by atoms with Crippen LogP contribution in [0, 0.1) is 11.8 Å². The van der Waals surface area contributed by atoms with Crippen LogP contribution in [0.5, 0.6) is 0 Å². The minimum absolute atomic E-state index is 0.0780. The molecular formula is C19H38O6. The second-order valence-corrected chi connectivity index (χ2v) is 5.99. The van der Waals surface area contributed by atoms with Gasteiger partial charge in [-0.3, -0.25) is 9.59 Å². The van der Waals surface area contributed by atoms with Crippen LogP contribution in [0.1, 0.15) is 79.1 Å². The molecule has 0 aliphatic heterocycles. The molecule has 2 unspecified atom stereocenters. The van der Waals surface area contributed by atoms with E-state index in [0.29, 0.717) is 0 Å². The quantitative estimate of drug-likeness (QED) is 0.385. The standard InChI is InChI=1S/C17H32O4.C2H6O2/c1-5-9-11-14(7-3)16(18)20-13-21-17(19)15(8-4)12-10-6-2;3-1-2-4/h14-15H,5-13H2,1-4H3;3-4H,1-2H2. The zero-order valence-electron chi connectivity index (χ0n) is 16.5. The third kappa shape index (κ3) is 14.9. The van der Waals surface area contributed by atoms with Crippen molar-refractivity contribution in [1.82, 2.24) is 0 Å². The molecule has 0 heterocycles. The number of carbonyl (C=O) groups excluding carboxylic acids is 2. The summed E-state index contributed by atoms with van der Waals surface area (Å²) in [6.07, 6.45) is 7.37. The number of hydrogen-bond acceptors (Lipinski definition) is 6. The van der Waals surface area contributed by atoms with E-state index in [1.807, 2.05) is 13.8 Å². The fourth-order valence-corrected chi connectivity index (χ4v) is 2.26. The molecule has 0 spiro atoms. The summed E-state index contributed by atoms with van der Waals surface area (Å²) in [5.74, 6) is -0.655. The maximum absolute atomic E-state index is 11.9. The Hall–Kier alpha value is -1.14. The van der Waals surface area contributed by atoms with Gasteiger partial charge in [0.1, 0.15) is 0 Å². The molecule has 2 N–H and O–H groups in total. The Labute approximate surface area is 152 Å². The molecule has 25 heavy (non-hydrogen) atoms. The number of unbranched alkanes of at least 4 members (excludes halogenated alkanes) is 2. The molecule has 0 fully saturated rings. The van der Waals surface area contributed by atoms with Crippen molar-refractivity contribution < 1.29 is 29.3 Å². The second kappa shape index (κ2) is 19.2. The van der Waals surface area contributed by atoms with Crippen molar-refractivity contribution in [2.45, 2.75) is 79.1 Å². The Morgan fingerprint density at radius 1 is 0.760 bits per heavy atom. The molecule has 0 amide bonds. The van der Waals surface area contributed by atoms with E-state index in [2.05, 4.69) is 13.8 Å². The van der Waals surface area contributed by atoms with Crippen LogP contribution in [0.4, 0.5) is 0 Å². The highest BCUT2D eigenvalue weighted by atomic mass is 16.7. The lowest BCUT2D eigenvalue weighted by molar-refractivity contribution is -0.173. The van der Waals surface area contributed by atoms with Crippen molar-refractivity contribution in [1.29, 1.82) is 0 Å². The van der Waals surface area contributed by atoms with Gasteiger partial charge in [0, 0.05) is 0 Å². The topological polar surface area (TPSA) is 93.1 Å². The van der Waals surface area contributed by atoms with Crippen LogP contribution in [0.15, 0.2) is 0 Å². The summed E-state index contributed by atoms with van der Waals surface area (Å²) >= 11 is 0. The lowest BCUT2D eigenvalue weighted by atomic mass is 10.00. The minimum Gasteiger partial charge on any atom is -0.428 e. The van der Waals surface area contributed by atoms with Crippen molar-refractivity contribution in [3.8, 4) is 0 Å². The third-order valence-electron chi connectivity index (χ3n) is 3.97. The smallest absolute Gasteiger partial charge is 0.311 e. The maximum atomic E-state index is 11.9. The van der Waals surface area contributed by atoms with E-state index in [0.717, 1.165) is 51.4 Å². The SMILES string of the molecule is CCCCC(CC)C(=O)OCOC(=O)C(CC)CCCC.OCCO. The largest absolute Gasteiger partial charge is 0.428 e. The van der Waals surface area contributed by atoms with Crippen molar-refractivity contribution in [3.05, 3.63) is 0 Å². The van der Waals surface area contributed by atoms with Crippen LogP contribution in [-0.4, -0.2) is 42.2 Å². The Kier molecular flexibility index (Phi) is 20.0. The number of esters is 2. The molecule has 0 saturated carbocycles. The summed E-state index contributed by atoms with van der Waals surface area (Å²) in [6, 6.07) is 0. The van der Waals surface area contributed by atoms with E-state index < -0.39 is 0 Å². The fourth-order valence-electron chi connectivity index (χ4n) is 2.26. The normalized spacial score (nSPS) is 12.6. The second-order valence-electron chi connectivity index (χ2n) is 5.99. The summed E-state index contributed by atoms with van der Waals surface area (Å²) < 4.78 is 10.2. The summed E-state index contributed by atoms with van der Waals surface area (Å²) in [5, 5.41) is 15.2. The number of carbonyl (C=O) groups is 2. The molecule has 6 heteroatoms. The Balaban J connectivity index is 0. The zero-order valence-corrected chi connectivity index (χ0v) is 16.5. The van der Waals surface area contributed by atoms with Gasteiger partial charge in [-0.05, 0) is 25.7 Å². The van der Waals surface area contributed by atoms with E-state index in [1.165, 1.54) is 0 Å². The highest BCUT2D eigenvalue weighted by molar-refractivity contribution is 5.73. The van der Waals surface area contributed by atoms with Gasteiger partial charge >= 0.3 is 11.9 Å². The fraction of sp³-hybridized carbons (Fsp3) is 0.895. The average molecular weight is 363 g/mol. The summed E-state index contributed by atoms with van der Waals surface area (Å²) in [7, 11) is 0. The molecule has 2 atom stereocenters. The molecular weight excluding hydrogens is 324 g/mol. The first-order chi connectivity index (χ1) is 12.0. The first kappa shape index (κ1) is 26.1. The maximum Gasteiger partial charge on any atom is 0.311 e. The first-order valence-electron chi connectivity index (χ1n) is 9.57. The van der Waals surface area contributed by atoms with Crippen molar-refractivity contribution in [3.63, 3.8) is 0 Å². The minimum atomic E-state index is -0.250. The van der Waals surface area contributed by atoms with Gasteiger partial charge in [-0.25, -0.2) is 0 Å². The summed E-state index contributed by atoms with van der Waals surface area (Å²) in [5.41, 5.74) is 0. The molecule has 0 aromatic heterocycles. The predicted molar refractivity (Wildman–Crippen MR) is 97.8 cm³/mol. The lowest BCUT2D eigenvalue weighted by Gasteiger charge is -2.16. The average Bonchev–Trinajstić information content (AvgIpc) is 2.63. The lowest BCUT2D eigenvalue weighted by Crippen LogP contribution is -2.23. The van der Waals surface area contributed by atoms with Crippen LogP contribution in [0.25, 0.3) is 0 Å². The van der Waals surface area contributed by atoms with Gasteiger partial charge in [-0.1, -0.05) is 53.4 Å². The zero-order chi connectivity index (χ0) is 19.5. The molecule has 0 saturated heterocycles. The molecule has 0 bridgehead atoms. The molecule has 6 nitrogen and oxygen atoms in total. The van der Waals surface area contributed by atoms with Gasteiger partial charge in [-0.2, -0.15) is 0 Å². The summed E-state index contributed by atoms with van der Waals surface area (Å²) in [6.45, 7) is 7.65. The van der Waals surface area contributed by atoms with E-state index in [9.17, 15) is 9.59 Å². The number of hydrogen-bond donors (Lipinski definition) is 2. The molecule has 0 aromatic rings. The van der Waals surface area contributed by atoms with Gasteiger partial charge < -0.3 is 19.7 Å². The number of aliphatic hydroxyl groups is 2. The first-order valence-corrected chi connectivity index (χ1v) is 9.57. The Morgan fingerprint density at radius 2 is 1.12 bits per heavy atom. The summed E-state index contributed by atoms with van der Waals surface area (Å²) in [4.78, 5) is 23.7. The van der Waals surface area contributed by atoms with Gasteiger partial charge in [0.2, 0.25) is 6.79 Å². The predicted octanol–water partition coefficient (Wildman–Crippen LogP) is 3.43. The number of aliphatic hydroxyl groups excluding tert-OH is 2. The van der Waals surface area contributed by atoms with Crippen molar-refractivity contribution >= 4 is 11.9 Å². The van der Waals surface area contributed by atoms with Crippen LogP contribution in [-0.2, 0) is 19.1 Å². The molecule has 0 aliphatic rings. The van der Waals surface area contributed by atoms with Crippen LogP contribution >= 0.6 is 0 Å². The van der Waals surface area contributed by atoms with Gasteiger partial charge in [0.15, 0.2) is 0 Å². The van der Waals surface area contributed by atoms with Crippen LogP contribution in [0.3, 0.4) is 0 Å². The van der Waals surface area contributed by atoms with Crippen LogP contribution < -0.4 is 0 Å². The Morgan fingerprint density at radius 3 is 1.36 bits per heavy atom. The molecule has 0 radical (unpaired) electrons.